The minimum atomic E-state index is -3.41. The lowest BCUT2D eigenvalue weighted by Gasteiger charge is -2.22. The molecule has 2 N–H and O–H groups in total. The van der Waals surface area contributed by atoms with E-state index in [0.717, 1.165) is 19.5 Å². The summed E-state index contributed by atoms with van der Waals surface area (Å²) in [6.45, 7) is 2.58. The summed E-state index contributed by atoms with van der Waals surface area (Å²) in [6.07, 6.45) is 3.25. The van der Waals surface area contributed by atoms with Gasteiger partial charge in [-0.1, -0.05) is 12.1 Å². The van der Waals surface area contributed by atoms with Crippen molar-refractivity contribution in [2.45, 2.75) is 24.2 Å². The molecule has 1 aromatic rings. The van der Waals surface area contributed by atoms with Crippen LogP contribution in [0, 0.1) is 5.92 Å². The van der Waals surface area contributed by atoms with Crippen LogP contribution in [0.4, 0.5) is 0 Å². The highest BCUT2D eigenvalue weighted by Crippen LogP contribution is 2.21. The van der Waals surface area contributed by atoms with E-state index in [9.17, 15) is 8.42 Å². The van der Waals surface area contributed by atoms with Crippen LogP contribution < -0.4 is 10.0 Å². The number of hydrogen-bond acceptors (Lipinski definition) is 3. The summed E-state index contributed by atoms with van der Waals surface area (Å²) in [4.78, 5) is 0.303. The van der Waals surface area contributed by atoms with Crippen LogP contribution in [-0.2, 0) is 10.0 Å². The highest BCUT2D eigenvalue weighted by Gasteiger charge is 2.18. The third-order valence-corrected chi connectivity index (χ3v) is 5.84. The molecule has 20 heavy (non-hydrogen) atoms. The number of rotatable bonds is 5. The molecular formula is C13H20BrClN2O2S. The summed E-state index contributed by atoms with van der Waals surface area (Å²) >= 11 is 3.27. The number of halogens is 2. The van der Waals surface area contributed by atoms with Crippen LogP contribution in [0.3, 0.4) is 0 Å². The van der Waals surface area contributed by atoms with Crippen molar-refractivity contribution < 1.29 is 8.42 Å². The number of sulfonamides is 1. The second kappa shape index (κ2) is 8.34. The third kappa shape index (κ3) is 5.00. The van der Waals surface area contributed by atoms with Crippen molar-refractivity contribution in [1.82, 2.24) is 10.0 Å². The van der Waals surface area contributed by atoms with Gasteiger partial charge in [-0.15, -0.1) is 12.4 Å². The molecule has 1 saturated heterocycles. The summed E-state index contributed by atoms with van der Waals surface area (Å²) in [6, 6.07) is 6.87. The van der Waals surface area contributed by atoms with E-state index in [1.807, 2.05) is 0 Å². The number of nitrogens with one attached hydrogen (secondary N) is 2. The third-order valence-electron chi connectivity index (χ3n) is 3.37. The first-order valence-corrected chi connectivity index (χ1v) is 8.82. The van der Waals surface area contributed by atoms with Gasteiger partial charge in [0.25, 0.3) is 0 Å². The number of piperidine rings is 1. The summed E-state index contributed by atoms with van der Waals surface area (Å²) in [5.74, 6) is 0.579. The molecule has 7 heteroatoms. The highest BCUT2D eigenvalue weighted by atomic mass is 79.9. The summed E-state index contributed by atoms with van der Waals surface area (Å²) in [5, 5.41) is 3.34. The minimum absolute atomic E-state index is 0. The Morgan fingerprint density at radius 2 is 2.10 bits per heavy atom. The Labute approximate surface area is 135 Å². The van der Waals surface area contributed by atoms with E-state index < -0.39 is 10.0 Å². The molecule has 0 aromatic heterocycles. The van der Waals surface area contributed by atoms with Crippen LogP contribution in [0.2, 0.25) is 0 Å². The van der Waals surface area contributed by atoms with Gasteiger partial charge in [0.05, 0.1) is 4.90 Å². The topological polar surface area (TPSA) is 58.2 Å². The van der Waals surface area contributed by atoms with Crippen LogP contribution in [0.1, 0.15) is 19.3 Å². The maximum Gasteiger partial charge on any atom is 0.241 e. The van der Waals surface area contributed by atoms with E-state index in [1.165, 1.54) is 12.8 Å². The van der Waals surface area contributed by atoms with Crippen LogP contribution >= 0.6 is 28.3 Å². The Hall–Kier alpha value is -0.140. The highest BCUT2D eigenvalue weighted by molar-refractivity contribution is 9.10. The Morgan fingerprint density at radius 3 is 2.75 bits per heavy atom. The molecule has 1 aliphatic heterocycles. The molecule has 4 nitrogen and oxygen atoms in total. The van der Waals surface area contributed by atoms with Gasteiger partial charge in [0.2, 0.25) is 10.0 Å². The van der Waals surface area contributed by atoms with E-state index in [1.54, 1.807) is 24.3 Å². The van der Waals surface area contributed by atoms with E-state index in [2.05, 4.69) is 26.0 Å². The maximum absolute atomic E-state index is 12.1. The van der Waals surface area contributed by atoms with Crippen molar-refractivity contribution >= 4 is 38.4 Å². The van der Waals surface area contributed by atoms with Gasteiger partial charge < -0.3 is 5.32 Å². The van der Waals surface area contributed by atoms with Gasteiger partial charge in [0.1, 0.15) is 0 Å². The average molecular weight is 384 g/mol. The Morgan fingerprint density at radius 1 is 1.35 bits per heavy atom. The van der Waals surface area contributed by atoms with Crippen molar-refractivity contribution in [2.75, 3.05) is 19.6 Å². The molecular weight excluding hydrogens is 364 g/mol. The lowest BCUT2D eigenvalue weighted by atomic mass is 9.96. The van der Waals surface area contributed by atoms with Gasteiger partial charge in [-0.25, -0.2) is 13.1 Å². The van der Waals surface area contributed by atoms with E-state index >= 15 is 0 Å². The fourth-order valence-electron chi connectivity index (χ4n) is 2.31. The van der Waals surface area contributed by atoms with Crippen molar-refractivity contribution in [3.8, 4) is 0 Å². The Kier molecular flexibility index (Phi) is 7.47. The van der Waals surface area contributed by atoms with Crippen LogP contribution in [0.5, 0.6) is 0 Å². The zero-order valence-corrected chi connectivity index (χ0v) is 14.4. The summed E-state index contributed by atoms with van der Waals surface area (Å²) < 4.78 is 27.6. The van der Waals surface area contributed by atoms with E-state index in [4.69, 9.17) is 0 Å². The molecule has 1 aliphatic rings. The first kappa shape index (κ1) is 17.9. The molecule has 0 radical (unpaired) electrons. The average Bonchev–Trinajstić information content (AvgIpc) is 2.40. The zero-order valence-electron chi connectivity index (χ0n) is 11.1. The zero-order chi connectivity index (χ0) is 13.7. The molecule has 0 saturated carbocycles. The van der Waals surface area contributed by atoms with E-state index in [0.29, 0.717) is 21.8 Å². The van der Waals surface area contributed by atoms with Crippen LogP contribution in [-0.4, -0.2) is 28.1 Å². The van der Waals surface area contributed by atoms with Gasteiger partial charge >= 0.3 is 0 Å². The van der Waals surface area contributed by atoms with Crippen molar-refractivity contribution in [3.63, 3.8) is 0 Å². The molecule has 1 heterocycles. The second-order valence-corrected chi connectivity index (χ2v) is 7.42. The summed E-state index contributed by atoms with van der Waals surface area (Å²) in [7, 11) is -3.41. The number of hydrogen-bond donors (Lipinski definition) is 2. The SMILES string of the molecule is Cl.O=S(=O)(NCCC1CCCNC1)c1ccccc1Br. The van der Waals surface area contributed by atoms with Crippen LogP contribution in [0.15, 0.2) is 33.6 Å². The fraction of sp³-hybridized carbons (Fsp3) is 0.538. The lowest BCUT2D eigenvalue weighted by molar-refractivity contribution is 0.358. The summed E-state index contributed by atoms with van der Waals surface area (Å²) in [5.41, 5.74) is 0. The molecule has 0 bridgehead atoms. The molecule has 0 amide bonds. The first-order chi connectivity index (χ1) is 9.09. The first-order valence-electron chi connectivity index (χ1n) is 6.54. The molecule has 114 valence electrons. The predicted octanol–water partition coefficient (Wildman–Crippen LogP) is 2.54. The quantitative estimate of drug-likeness (QED) is 0.821. The van der Waals surface area contributed by atoms with Gasteiger partial charge in [-0.3, -0.25) is 0 Å². The normalized spacial score (nSPS) is 19.4. The lowest BCUT2D eigenvalue weighted by Crippen LogP contribution is -2.33. The fourth-order valence-corrected chi connectivity index (χ4v) is 4.36. The van der Waals surface area contributed by atoms with Gasteiger partial charge in [0.15, 0.2) is 0 Å². The Balaban J connectivity index is 0.00000200. The standard InChI is InChI=1S/C13H19BrN2O2S.ClH/c14-12-5-1-2-6-13(12)19(17,18)16-9-7-11-4-3-8-15-10-11;/h1-2,5-6,11,15-16H,3-4,7-10H2;1H. The molecule has 0 aliphatic carbocycles. The van der Waals surface area contributed by atoms with Gasteiger partial charge in [-0.05, 0) is 66.3 Å². The maximum atomic E-state index is 12.1. The van der Waals surface area contributed by atoms with Crippen molar-refractivity contribution in [2.24, 2.45) is 5.92 Å². The molecule has 1 atom stereocenters. The van der Waals surface area contributed by atoms with Gasteiger partial charge in [-0.2, -0.15) is 0 Å². The largest absolute Gasteiger partial charge is 0.316 e. The van der Waals surface area contributed by atoms with Crippen LogP contribution in [0.25, 0.3) is 0 Å². The molecule has 1 unspecified atom stereocenters. The molecule has 2 rings (SSSR count). The Bertz CT molecular complexity index is 519. The van der Waals surface area contributed by atoms with Crippen molar-refractivity contribution in [3.05, 3.63) is 28.7 Å². The van der Waals surface area contributed by atoms with Crippen molar-refractivity contribution in [1.29, 1.82) is 0 Å². The van der Waals surface area contributed by atoms with Gasteiger partial charge in [0, 0.05) is 11.0 Å². The molecule has 1 fully saturated rings. The predicted molar refractivity (Wildman–Crippen MR) is 86.8 cm³/mol. The molecule has 0 spiro atoms. The monoisotopic (exact) mass is 382 g/mol. The smallest absolute Gasteiger partial charge is 0.241 e. The van der Waals surface area contributed by atoms with E-state index in [-0.39, 0.29) is 12.4 Å². The number of benzene rings is 1. The second-order valence-electron chi connectivity index (χ2n) is 4.83. The molecule has 1 aromatic carbocycles. The minimum Gasteiger partial charge on any atom is -0.316 e.